The van der Waals surface area contributed by atoms with Gasteiger partial charge < -0.3 is 10.6 Å². The van der Waals surface area contributed by atoms with Crippen LogP contribution in [0, 0.1) is 0 Å². The van der Waals surface area contributed by atoms with Gasteiger partial charge in [0.05, 0.1) is 6.42 Å². The monoisotopic (exact) mass is 294 g/mol. The fourth-order valence-electron chi connectivity index (χ4n) is 3.14. The Hall–Kier alpha value is -2.13. The van der Waals surface area contributed by atoms with Crippen LogP contribution < -0.4 is 5.73 Å². The van der Waals surface area contributed by atoms with Crippen molar-refractivity contribution in [3.63, 3.8) is 0 Å². The highest BCUT2D eigenvalue weighted by atomic mass is 16.2. The van der Waals surface area contributed by atoms with Crippen LogP contribution in [-0.4, -0.2) is 23.9 Å². The van der Waals surface area contributed by atoms with Crippen LogP contribution in [-0.2, 0) is 17.8 Å². The molecule has 1 heterocycles. The third-order valence-corrected chi connectivity index (χ3v) is 4.39. The SMILES string of the molecule is NCc1cccc(CC(=O)N2CC[C@@H](c3ccccc3)C2)c1. The van der Waals surface area contributed by atoms with Gasteiger partial charge in [-0.2, -0.15) is 0 Å². The average molecular weight is 294 g/mol. The molecule has 3 nitrogen and oxygen atoms in total. The van der Waals surface area contributed by atoms with Crippen LogP contribution in [0.5, 0.6) is 0 Å². The van der Waals surface area contributed by atoms with Gasteiger partial charge >= 0.3 is 0 Å². The molecule has 22 heavy (non-hydrogen) atoms. The molecule has 0 unspecified atom stereocenters. The molecule has 2 aromatic rings. The number of carbonyl (C=O) groups is 1. The van der Waals surface area contributed by atoms with Gasteiger partial charge in [-0.05, 0) is 23.1 Å². The smallest absolute Gasteiger partial charge is 0.227 e. The maximum absolute atomic E-state index is 12.5. The zero-order chi connectivity index (χ0) is 15.4. The first-order chi connectivity index (χ1) is 10.8. The van der Waals surface area contributed by atoms with Crippen molar-refractivity contribution in [3.05, 3.63) is 71.3 Å². The highest BCUT2D eigenvalue weighted by Gasteiger charge is 2.26. The van der Waals surface area contributed by atoms with Gasteiger partial charge in [0.2, 0.25) is 5.91 Å². The van der Waals surface area contributed by atoms with Crippen molar-refractivity contribution in [1.29, 1.82) is 0 Å². The van der Waals surface area contributed by atoms with E-state index in [4.69, 9.17) is 5.73 Å². The second-order valence-corrected chi connectivity index (χ2v) is 5.94. The molecular formula is C19H22N2O. The lowest BCUT2D eigenvalue weighted by Crippen LogP contribution is -2.29. The molecule has 1 amide bonds. The maximum Gasteiger partial charge on any atom is 0.227 e. The molecule has 0 radical (unpaired) electrons. The molecule has 0 bridgehead atoms. The zero-order valence-corrected chi connectivity index (χ0v) is 12.7. The van der Waals surface area contributed by atoms with Gasteiger partial charge in [-0.3, -0.25) is 4.79 Å². The van der Waals surface area contributed by atoms with Gasteiger partial charge in [0.25, 0.3) is 0 Å². The number of benzene rings is 2. The average Bonchev–Trinajstić information content (AvgIpc) is 3.06. The summed E-state index contributed by atoms with van der Waals surface area (Å²) in [6, 6.07) is 18.5. The second kappa shape index (κ2) is 6.75. The maximum atomic E-state index is 12.5. The molecule has 0 aromatic heterocycles. The summed E-state index contributed by atoms with van der Waals surface area (Å²) in [7, 11) is 0. The molecule has 1 aliphatic heterocycles. The number of hydrogen-bond acceptors (Lipinski definition) is 2. The Balaban J connectivity index is 1.62. The van der Waals surface area contributed by atoms with E-state index in [9.17, 15) is 4.79 Å². The molecule has 1 fully saturated rings. The van der Waals surface area contributed by atoms with E-state index in [0.29, 0.717) is 18.9 Å². The van der Waals surface area contributed by atoms with Crippen LogP contribution in [0.25, 0.3) is 0 Å². The summed E-state index contributed by atoms with van der Waals surface area (Å²) in [6.45, 7) is 2.20. The molecule has 1 atom stereocenters. The van der Waals surface area contributed by atoms with E-state index in [-0.39, 0.29) is 5.91 Å². The van der Waals surface area contributed by atoms with E-state index in [1.54, 1.807) is 0 Å². The van der Waals surface area contributed by atoms with Gasteiger partial charge in [0, 0.05) is 25.6 Å². The zero-order valence-electron chi connectivity index (χ0n) is 12.7. The molecule has 0 spiro atoms. The second-order valence-electron chi connectivity index (χ2n) is 5.94. The van der Waals surface area contributed by atoms with Gasteiger partial charge in [-0.25, -0.2) is 0 Å². The van der Waals surface area contributed by atoms with Crippen LogP contribution in [0.2, 0.25) is 0 Å². The van der Waals surface area contributed by atoms with Crippen molar-refractivity contribution in [2.24, 2.45) is 5.73 Å². The van der Waals surface area contributed by atoms with E-state index in [0.717, 1.165) is 30.6 Å². The Labute approximate surface area is 131 Å². The molecule has 0 aliphatic carbocycles. The minimum absolute atomic E-state index is 0.215. The molecule has 1 aliphatic rings. The quantitative estimate of drug-likeness (QED) is 0.942. The number of nitrogens with zero attached hydrogens (tertiary/aromatic N) is 1. The number of hydrogen-bond donors (Lipinski definition) is 1. The van der Waals surface area contributed by atoms with Gasteiger partial charge in [0.1, 0.15) is 0 Å². The first kappa shape index (κ1) is 14.8. The fraction of sp³-hybridized carbons (Fsp3) is 0.316. The van der Waals surface area contributed by atoms with E-state index < -0.39 is 0 Å². The fourth-order valence-corrected chi connectivity index (χ4v) is 3.14. The van der Waals surface area contributed by atoms with Crippen LogP contribution in [0.15, 0.2) is 54.6 Å². The number of nitrogens with two attached hydrogens (primary N) is 1. The first-order valence-corrected chi connectivity index (χ1v) is 7.87. The Kier molecular flexibility index (Phi) is 4.54. The number of amides is 1. The Morgan fingerprint density at radius 2 is 1.86 bits per heavy atom. The molecule has 1 saturated heterocycles. The van der Waals surface area contributed by atoms with Crippen molar-refractivity contribution in [1.82, 2.24) is 4.90 Å². The van der Waals surface area contributed by atoms with Crippen molar-refractivity contribution in [3.8, 4) is 0 Å². The van der Waals surface area contributed by atoms with Crippen LogP contribution in [0.4, 0.5) is 0 Å². The van der Waals surface area contributed by atoms with Gasteiger partial charge in [-0.1, -0.05) is 54.6 Å². The summed E-state index contributed by atoms with van der Waals surface area (Å²) in [5, 5.41) is 0. The van der Waals surface area contributed by atoms with Gasteiger partial charge in [-0.15, -0.1) is 0 Å². The topological polar surface area (TPSA) is 46.3 Å². The summed E-state index contributed by atoms with van der Waals surface area (Å²) in [4.78, 5) is 14.5. The Bertz CT molecular complexity index is 639. The molecule has 2 aromatic carbocycles. The molecule has 3 rings (SSSR count). The number of carbonyl (C=O) groups excluding carboxylic acids is 1. The third kappa shape index (κ3) is 3.37. The third-order valence-electron chi connectivity index (χ3n) is 4.39. The van der Waals surface area contributed by atoms with Crippen LogP contribution >= 0.6 is 0 Å². The molecule has 114 valence electrons. The molecule has 2 N–H and O–H groups in total. The lowest BCUT2D eigenvalue weighted by atomic mass is 9.99. The lowest BCUT2D eigenvalue weighted by Gasteiger charge is -2.17. The van der Waals surface area contributed by atoms with Gasteiger partial charge in [0.15, 0.2) is 0 Å². The molecular weight excluding hydrogens is 272 g/mol. The van der Waals surface area contributed by atoms with Crippen molar-refractivity contribution >= 4 is 5.91 Å². The molecule has 3 heteroatoms. The van der Waals surface area contributed by atoms with E-state index in [1.165, 1.54) is 5.56 Å². The predicted octanol–water partition coefficient (Wildman–Crippen LogP) is 2.70. The summed E-state index contributed by atoms with van der Waals surface area (Å²) >= 11 is 0. The Morgan fingerprint density at radius 1 is 1.09 bits per heavy atom. The largest absolute Gasteiger partial charge is 0.342 e. The summed E-state index contributed by atoms with van der Waals surface area (Å²) in [5.41, 5.74) is 9.12. The summed E-state index contributed by atoms with van der Waals surface area (Å²) in [5.74, 6) is 0.688. The Morgan fingerprint density at radius 3 is 2.64 bits per heavy atom. The van der Waals surface area contributed by atoms with Crippen molar-refractivity contribution in [2.75, 3.05) is 13.1 Å². The lowest BCUT2D eigenvalue weighted by molar-refractivity contribution is -0.129. The van der Waals surface area contributed by atoms with Crippen LogP contribution in [0.1, 0.15) is 29.0 Å². The van der Waals surface area contributed by atoms with Crippen molar-refractivity contribution in [2.45, 2.75) is 25.3 Å². The molecule has 0 saturated carbocycles. The number of rotatable bonds is 4. The van der Waals surface area contributed by atoms with E-state index >= 15 is 0 Å². The minimum Gasteiger partial charge on any atom is -0.342 e. The number of likely N-dealkylation sites (tertiary alicyclic amines) is 1. The normalized spacial score (nSPS) is 17.7. The minimum atomic E-state index is 0.215. The predicted molar refractivity (Wildman–Crippen MR) is 88.4 cm³/mol. The van der Waals surface area contributed by atoms with E-state index in [2.05, 4.69) is 24.3 Å². The highest BCUT2D eigenvalue weighted by Crippen LogP contribution is 2.27. The highest BCUT2D eigenvalue weighted by molar-refractivity contribution is 5.79. The van der Waals surface area contributed by atoms with E-state index in [1.807, 2.05) is 35.2 Å². The van der Waals surface area contributed by atoms with Crippen LogP contribution in [0.3, 0.4) is 0 Å². The van der Waals surface area contributed by atoms with Crippen molar-refractivity contribution < 1.29 is 4.79 Å². The summed E-state index contributed by atoms with van der Waals surface area (Å²) < 4.78 is 0. The standard InChI is InChI=1S/C19H22N2O/c20-13-16-6-4-5-15(11-16)12-19(22)21-10-9-18(14-21)17-7-2-1-3-8-17/h1-8,11,18H,9-10,12-14,20H2/t18-/m1/s1. The summed E-state index contributed by atoms with van der Waals surface area (Å²) in [6.07, 6.45) is 1.52. The first-order valence-electron chi connectivity index (χ1n) is 7.87.